The van der Waals surface area contributed by atoms with Gasteiger partial charge in [-0.2, -0.15) is 0 Å². The average Bonchev–Trinajstić information content (AvgIpc) is 2.36. The zero-order chi connectivity index (χ0) is 12.6. The van der Waals surface area contributed by atoms with Crippen molar-refractivity contribution in [3.63, 3.8) is 0 Å². The van der Waals surface area contributed by atoms with Crippen molar-refractivity contribution in [2.75, 3.05) is 6.61 Å². The average molecular weight is 251 g/mol. The molecule has 3 aliphatic rings. The molecule has 0 aromatic carbocycles. The Morgan fingerprint density at radius 3 is 2.44 bits per heavy atom. The van der Waals surface area contributed by atoms with Gasteiger partial charge in [-0.05, 0) is 44.9 Å². The summed E-state index contributed by atoms with van der Waals surface area (Å²) in [6.45, 7) is 5.41. The fourth-order valence-electron chi connectivity index (χ4n) is 4.62. The Morgan fingerprint density at radius 2 is 1.83 bits per heavy atom. The summed E-state index contributed by atoms with van der Waals surface area (Å²) in [7, 11) is 0. The highest BCUT2D eigenvalue weighted by molar-refractivity contribution is 5.10. The lowest BCUT2D eigenvalue weighted by molar-refractivity contribution is -0.154. The maximum atomic E-state index is 6.02. The molecule has 0 radical (unpaired) electrons. The minimum Gasteiger partial charge on any atom is -0.378 e. The zero-order valence-corrected chi connectivity index (χ0v) is 12.1. The Labute approximate surface area is 112 Å². The summed E-state index contributed by atoms with van der Waals surface area (Å²) in [6, 6.07) is 1.57. The van der Waals surface area contributed by atoms with Gasteiger partial charge in [-0.3, -0.25) is 0 Å². The predicted octanol–water partition coefficient (Wildman–Crippen LogP) is 3.50. The minimum absolute atomic E-state index is 0.507. The van der Waals surface area contributed by atoms with Crippen molar-refractivity contribution >= 4 is 0 Å². The summed E-state index contributed by atoms with van der Waals surface area (Å²) in [5.41, 5.74) is 0.507. The number of nitrogens with one attached hydrogen (secondary N) is 1. The standard InChI is InChI=1S/C16H29NO/c1-3-18-15-11-14(17-13-9-12(2)10-13)16(15)7-5-4-6-8-16/h12-15,17H,3-11H2,1-2H3. The first-order chi connectivity index (χ1) is 8.74. The third kappa shape index (κ3) is 2.12. The van der Waals surface area contributed by atoms with Gasteiger partial charge in [-0.1, -0.05) is 26.2 Å². The van der Waals surface area contributed by atoms with E-state index >= 15 is 0 Å². The summed E-state index contributed by atoms with van der Waals surface area (Å²) in [6.07, 6.45) is 11.7. The van der Waals surface area contributed by atoms with Gasteiger partial charge in [0.2, 0.25) is 0 Å². The van der Waals surface area contributed by atoms with E-state index in [1.54, 1.807) is 0 Å². The second-order valence-electron chi connectivity index (χ2n) is 6.97. The molecule has 3 saturated carbocycles. The van der Waals surface area contributed by atoms with Crippen LogP contribution in [0, 0.1) is 11.3 Å². The molecule has 1 N–H and O–H groups in total. The van der Waals surface area contributed by atoms with E-state index < -0.39 is 0 Å². The maximum absolute atomic E-state index is 6.02. The molecule has 3 rings (SSSR count). The molecule has 0 heterocycles. The molecule has 2 unspecified atom stereocenters. The van der Waals surface area contributed by atoms with Crippen molar-refractivity contribution in [1.29, 1.82) is 0 Å². The molecule has 0 saturated heterocycles. The van der Waals surface area contributed by atoms with Gasteiger partial charge >= 0.3 is 0 Å². The van der Waals surface area contributed by atoms with Crippen LogP contribution in [0.3, 0.4) is 0 Å². The number of hydrogen-bond acceptors (Lipinski definition) is 2. The predicted molar refractivity (Wildman–Crippen MR) is 74.7 cm³/mol. The van der Waals surface area contributed by atoms with E-state index in [4.69, 9.17) is 4.74 Å². The first kappa shape index (κ1) is 12.9. The second-order valence-corrected chi connectivity index (χ2v) is 6.97. The lowest BCUT2D eigenvalue weighted by Crippen LogP contribution is -2.67. The SMILES string of the molecule is CCOC1CC(NC2CC(C)C2)C12CCCCC2. The summed E-state index contributed by atoms with van der Waals surface area (Å²) in [4.78, 5) is 0. The summed E-state index contributed by atoms with van der Waals surface area (Å²) in [5, 5.41) is 3.95. The van der Waals surface area contributed by atoms with Crippen molar-refractivity contribution in [3.8, 4) is 0 Å². The summed E-state index contributed by atoms with van der Waals surface area (Å²) >= 11 is 0. The van der Waals surface area contributed by atoms with Crippen LogP contribution in [0.25, 0.3) is 0 Å². The van der Waals surface area contributed by atoms with Crippen LogP contribution >= 0.6 is 0 Å². The van der Waals surface area contributed by atoms with E-state index in [2.05, 4.69) is 19.2 Å². The highest BCUT2D eigenvalue weighted by Gasteiger charge is 2.56. The molecule has 104 valence electrons. The second kappa shape index (κ2) is 5.13. The molecule has 0 bridgehead atoms. The van der Waals surface area contributed by atoms with Crippen LogP contribution in [0.15, 0.2) is 0 Å². The van der Waals surface area contributed by atoms with E-state index in [1.165, 1.54) is 51.4 Å². The first-order valence-electron chi connectivity index (χ1n) is 8.12. The van der Waals surface area contributed by atoms with Gasteiger partial charge in [0.25, 0.3) is 0 Å². The van der Waals surface area contributed by atoms with Crippen LogP contribution in [-0.2, 0) is 4.74 Å². The molecular formula is C16H29NO. The van der Waals surface area contributed by atoms with Crippen molar-refractivity contribution in [2.24, 2.45) is 11.3 Å². The van der Waals surface area contributed by atoms with E-state index in [9.17, 15) is 0 Å². The molecule has 3 aliphatic carbocycles. The van der Waals surface area contributed by atoms with Gasteiger partial charge in [0, 0.05) is 24.1 Å². The quantitative estimate of drug-likeness (QED) is 0.825. The molecule has 1 spiro atoms. The molecule has 2 heteroatoms. The molecule has 2 nitrogen and oxygen atoms in total. The van der Waals surface area contributed by atoms with E-state index in [-0.39, 0.29) is 0 Å². The highest BCUT2D eigenvalue weighted by atomic mass is 16.5. The van der Waals surface area contributed by atoms with Crippen LogP contribution in [0.4, 0.5) is 0 Å². The minimum atomic E-state index is 0.507. The zero-order valence-electron chi connectivity index (χ0n) is 12.1. The number of hydrogen-bond donors (Lipinski definition) is 1. The summed E-state index contributed by atoms with van der Waals surface area (Å²) in [5.74, 6) is 0.951. The van der Waals surface area contributed by atoms with Crippen LogP contribution in [0.5, 0.6) is 0 Å². The molecule has 0 aromatic heterocycles. The Balaban J connectivity index is 1.60. The summed E-state index contributed by atoms with van der Waals surface area (Å²) < 4.78 is 6.02. The van der Waals surface area contributed by atoms with Gasteiger partial charge in [0.15, 0.2) is 0 Å². The topological polar surface area (TPSA) is 21.3 Å². The fraction of sp³-hybridized carbons (Fsp3) is 1.00. The van der Waals surface area contributed by atoms with Crippen molar-refractivity contribution in [1.82, 2.24) is 5.32 Å². The molecule has 0 aliphatic heterocycles. The van der Waals surface area contributed by atoms with Crippen molar-refractivity contribution < 1.29 is 4.74 Å². The van der Waals surface area contributed by atoms with Gasteiger partial charge < -0.3 is 10.1 Å². The van der Waals surface area contributed by atoms with Gasteiger partial charge in [0.05, 0.1) is 6.10 Å². The lowest BCUT2D eigenvalue weighted by Gasteiger charge is -2.59. The van der Waals surface area contributed by atoms with Gasteiger partial charge in [-0.15, -0.1) is 0 Å². The fourth-order valence-corrected chi connectivity index (χ4v) is 4.62. The molecule has 2 atom stereocenters. The van der Waals surface area contributed by atoms with Gasteiger partial charge in [-0.25, -0.2) is 0 Å². The van der Waals surface area contributed by atoms with Crippen LogP contribution in [-0.4, -0.2) is 24.8 Å². The lowest BCUT2D eigenvalue weighted by atomic mass is 9.54. The number of ether oxygens (including phenoxy) is 1. The molecule has 0 amide bonds. The largest absolute Gasteiger partial charge is 0.378 e. The number of rotatable bonds is 4. The van der Waals surface area contributed by atoms with Gasteiger partial charge in [0.1, 0.15) is 0 Å². The van der Waals surface area contributed by atoms with E-state index in [1.807, 2.05) is 0 Å². The molecule has 3 fully saturated rings. The first-order valence-corrected chi connectivity index (χ1v) is 8.12. The van der Waals surface area contributed by atoms with Crippen molar-refractivity contribution in [2.45, 2.75) is 83.4 Å². The Hall–Kier alpha value is -0.0800. The molecule has 0 aromatic rings. The molecule has 18 heavy (non-hydrogen) atoms. The Morgan fingerprint density at radius 1 is 1.11 bits per heavy atom. The Kier molecular flexibility index (Phi) is 3.68. The smallest absolute Gasteiger partial charge is 0.0661 e. The third-order valence-electron chi connectivity index (χ3n) is 5.75. The van der Waals surface area contributed by atoms with E-state index in [0.717, 1.165) is 24.6 Å². The molecular weight excluding hydrogens is 222 g/mol. The Bertz CT molecular complexity index is 279. The normalized spacial score (nSPS) is 42.3. The monoisotopic (exact) mass is 251 g/mol. The highest BCUT2D eigenvalue weighted by Crippen LogP contribution is 2.53. The third-order valence-corrected chi connectivity index (χ3v) is 5.75. The van der Waals surface area contributed by atoms with Crippen molar-refractivity contribution in [3.05, 3.63) is 0 Å². The van der Waals surface area contributed by atoms with Crippen LogP contribution < -0.4 is 5.32 Å². The van der Waals surface area contributed by atoms with Crippen LogP contribution in [0.2, 0.25) is 0 Å². The van der Waals surface area contributed by atoms with Crippen LogP contribution in [0.1, 0.15) is 65.2 Å². The maximum Gasteiger partial charge on any atom is 0.0661 e. The van der Waals surface area contributed by atoms with E-state index in [0.29, 0.717) is 11.5 Å².